The predicted octanol–water partition coefficient (Wildman–Crippen LogP) is 3.89. The molecule has 2 rings (SSSR count). The standard InChI is InChI=1S/C21H26N2O4/c1-15(2)11-12-27-18-8-5-16(6-9-18)21(24)23-22-14-17-7-10-19(25-3)13-20(17)26-4/h5-10,13-15H,11-12H2,1-4H3,(H,23,24)/b22-14-. The number of carbonyl (C=O) groups excluding carboxylic acids is 1. The summed E-state index contributed by atoms with van der Waals surface area (Å²) in [4.78, 5) is 12.2. The molecule has 144 valence electrons. The monoisotopic (exact) mass is 370 g/mol. The number of rotatable bonds is 9. The highest BCUT2D eigenvalue weighted by molar-refractivity contribution is 5.95. The molecule has 0 aliphatic rings. The summed E-state index contributed by atoms with van der Waals surface area (Å²) in [6, 6.07) is 12.3. The number of nitrogens with one attached hydrogen (secondary N) is 1. The Morgan fingerprint density at radius 1 is 1.07 bits per heavy atom. The molecule has 0 unspecified atom stereocenters. The molecule has 2 aromatic rings. The molecule has 0 spiro atoms. The molecule has 6 heteroatoms. The normalized spacial score (nSPS) is 10.9. The first kappa shape index (κ1) is 20.3. The van der Waals surface area contributed by atoms with Gasteiger partial charge in [-0.15, -0.1) is 0 Å². The van der Waals surface area contributed by atoms with Crippen LogP contribution in [0.2, 0.25) is 0 Å². The van der Waals surface area contributed by atoms with Gasteiger partial charge in [0.25, 0.3) is 5.91 Å². The van der Waals surface area contributed by atoms with Crippen molar-refractivity contribution < 1.29 is 19.0 Å². The third kappa shape index (κ3) is 6.33. The first-order valence-electron chi connectivity index (χ1n) is 8.81. The lowest BCUT2D eigenvalue weighted by atomic mass is 10.1. The van der Waals surface area contributed by atoms with Crippen LogP contribution < -0.4 is 19.6 Å². The van der Waals surface area contributed by atoms with E-state index in [1.807, 2.05) is 0 Å². The first-order chi connectivity index (χ1) is 13.0. The Kier molecular flexibility index (Phi) is 7.67. The first-order valence-corrected chi connectivity index (χ1v) is 8.81. The van der Waals surface area contributed by atoms with Crippen LogP contribution in [-0.2, 0) is 0 Å². The minimum Gasteiger partial charge on any atom is -0.497 e. The van der Waals surface area contributed by atoms with E-state index >= 15 is 0 Å². The summed E-state index contributed by atoms with van der Waals surface area (Å²) in [5.74, 6) is 2.34. The van der Waals surface area contributed by atoms with Gasteiger partial charge in [0.05, 0.1) is 27.0 Å². The second kappa shape index (κ2) is 10.2. The van der Waals surface area contributed by atoms with E-state index in [0.29, 0.717) is 29.6 Å². The minimum atomic E-state index is -0.299. The van der Waals surface area contributed by atoms with Gasteiger partial charge in [-0.3, -0.25) is 4.79 Å². The van der Waals surface area contributed by atoms with Gasteiger partial charge in [0, 0.05) is 17.2 Å². The SMILES string of the molecule is COc1ccc(/C=N\NC(=O)c2ccc(OCCC(C)C)cc2)c(OC)c1. The topological polar surface area (TPSA) is 69.2 Å². The van der Waals surface area contributed by atoms with Gasteiger partial charge in [0.15, 0.2) is 0 Å². The highest BCUT2D eigenvalue weighted by atomic mass is 16.5. The van der Waals surface area contributed by atoms with E-state index in [1.165, 1.54) is 6.21 Å². The van der Waals surface area contributed by atoms with Crippen molar-refractivity contribution in [1.82, 2.24) is 5.43 Å². The molecule has 27 heavy (non-hydrogen) atoms. The van der Waals surface area contributed by atoms with Crippen LogP contribution in [0.15, 0.2) is 47.6 Å². The van der Waals surface area contributed by atoms with E-state index in [1.54, 1.807) is 56.7 Å². The molecular weight excluding hydrogens is 344 g/mol. The summed E-state index contributed by atoms with van der Waals surface area (Å²) >= 11 is 0. The molecular formula is C21H26N2O4. The van der Waals surface area contributed by atoms with Crippen LogP contribution in [0.1, 0.15) is 36.2 Å². The zero-order valence-electron chi connectivity index (χ0n) is 16.2. The highest BCUT2D eigenvalue weighted by Gasteiger charge is 2.06. The fraction of sp³-hybridized carbons (Fsp3) is 0.333. The van der Waals surface area contributed by atoms with Crippen LogP contribution in [0.4, 0.5) is 0 Å². The zero-order valence-corrected chi connectivity index (χ0v) is 16.2. The molecule has 0 heterocycles. The lowest BCUT2D eigenvalue weighted by Crippen LogP contribution is -2.17. The van der Waals surface area contributed by atoms with E-state index in [0.717, 1.165) is 17.7 Å². The van der Waals surface area contributed by atoms with Gasteiger partial charge in [-0.1, -0.05) is 13.8 Å². The molecule has 1 N–H and O–H groups in total. The molecule has 0 aliphatic carbocycles. The van der Waals surface area contributed by atoms with Crippen LogP contribution in [0.25, 0.3) is 0 Å². The second-order valence-corrected chi connectivity index (χ2v) is 6.36. The molecule has 1 amide bonds. The largest absolute Gasteiger partial charge is 0.497 e. The molecule has 0 aliphatic heterocycles. The number of ether oxygens (including phenoxy) is 3. The summed E-state index contributed by atoms with van der Waals surface area (Å²) in [5, 5.41) is 4.00. The van der Waals surface area contributed by atoms with Crippen LogP contribution in [0.5, 0.6) is 17.2 Å². The van der Waals surface area contributed by atoms with E-state index in [4.69, 9.17) is 14.2 Å². The van der Waals surface area contributed by atoms with Gasteiger partial charge >= 0.3 is 0 Å². The lowest BCUT2D eigenvalue weighted by Gasteiger charge is -2.08. The molecule has 0 saturated carbocycles. The molecule has 2 aromatic carbocycles. The van der Waals surface area contributed by atoms with Crippen molar-refractivity contribution in [3.63, 3.8) is 0 Å². The Balaban J connectivity index is 1.92. The van der Waals surface area contributed by atoms with Crippen molar-refractivity contribution in [1.29, 1.82) is 0 Å². The van der Waals surface area contributed by atoms with Crippen molar-refractivity contribution in [2.24, 2.45) is 11.0 Å². The second-order valence-electron chi connectivity index (χ2n) is 6.36. The van der Waals surface area contributed by atoms with Crippen LogP contribution in [0, 0.1) is 5.92 Å². The minimum absolute atomic E-state index is 0.299. The number of nitrogens with zero attached hydrogens (tertiary/aromatic N) is 1. The molecule has 0 saturated heterocycles. The average molecular weight is 370 g/mol. The number of benzene rings is 2. The van der Waals surface area contributed by atoms with Gasteiger partial charge in [-0.25, -0.2) is 5.43 Å². The number of amides is 1. The summed E-state index contributed by atoms with van der Waals surface area (Å²) < 4.78 is 16.1. The number of hydrogen-bond acceptors (Lipinski definition) is 5. The van der Waals surface area contributed by atoms with Crippen molar-refractivity contribution >= 4 is 12.1 Å². The lowest BCUT2D eigenvalue weighted by molar-refractivity contribution is 0.0955. The quantitative estimate of drug-likeness (QED) is 0.537. The fourth-order valence-electron chi connectivity index (χ4n) is 2.27. The maximum absolute atomic E-state index is 12.2. The van der Waals surface area contributed by atoms with Gasteiger partial charge < -0.3 is 14.2 Å². The van der Waals surface area contributed by atoms with Gasteiger partial charge in [0.1, 0.15) is 17.2 Å². The Hall–Kier alpha value is -3.02. The molecule has 0 aromatic heterocycles. The maximum atomic E-state index is 12.2. The zero-order chi connectivity index (χ0) is 19.6. The summed E-state index contributed by atoms with van der Waals surface area (Å²) in [7, 11) is 3.15. The molecule has 6 nitrogen and oxygen atoms in total. The Morgan fingerprint density at radius 3 is 2.41 bits per heavy atom. The number of methoxy groups -OCH3 is 2. The highest BCUT2D eigenvalue weighted by Crippen LogP contribution is 2.23. The Bertz CT molecular complexity index is 770. The molecule has 0 atom stereocenters. The summed E-state index contributed by atoms with van der Waals surface area (Å²) in [6.07, 6.45) is 2.52. The van der Waals surface area contributed by atoms with Crippen LogP contribution >= 0.6 is 0 Å². The summed E-state index contributed by atoms with van der Waals surface area (Å²) in [5.41, 5.74) is 3.74. The van der Waals surface area contributed by atoms with Crippen molar-refractivity contribution in [3.05, 3.63) is 53.6 Å². The average Bonchev–Trinajstić information content (AvgIpc) is 2.68. The Morgan fingerprint density at radius 2 is 1.78 bits per heavy atom. The van der Waals surface area contributed by atoms with Crippen LogP contribution in [0.3, 0.4) is 0 Å². The Labute approximate surface area is 160 Å². The predicted molar refractivity (Wildman–Crippen MR) is 106 cm³/mol. The van der Waals surface area contributed by atoms with E-state index in [2.05, 4.69) is 24.4 Å². The third-order valence-corrected chi connectivity index (χ3v) is 3.89. The number of hydrogen-bond donors (Lipinski definition) is 1. The number of carbonyl (C=O) groups is 1. The smallest absolute Gasteiger partial charge is 0.271 e. The molecule has 0 radical (unpaired) electrons. The van der Waals surface area contributed by atoms with Crippen molar-refractivity contribution in [2.45, 2.75) is 20.3 Å². The van der Waals surface area contributed by atoms with Crippen molar-refractivity contribution in [3.8, 4) is 17.2 Å². The maximum Gasteiger partial charge on any atom is 0.271 e. The summed E-state index contributed by atoms with van der Waals surface area (Å²) in [6.45, 7) is 4.97. The van der Waals surface area contributed by atoms with Gasteiger partial charge in [0.2, 0.25) is 0 Å². The van der Waals surface area contributed by atoms with Gasteiger partial charge in [-0.2, -0.15) is 5.10 Å². The fourth-order valence-corrected chi connectivity index (χ4v) is 2.27. The van der Waals surface area contributed by atoms with E-state index in [9.17, 15) is 4.79 Å². The molecule has 0 bridgehead atoms. The van der Waals surface area contributed by atoms with E-state index < -0.39 is 0 Å². The van der Waals surface area contributed by atoms with Crippen molar-refractivity contribution in [2.75, 3.05) is 20.8 Å². The van der Waals surface area contributed by atoms with Gasteiger partial charge in [-0.05, 0) is 48.7 Å². The third-order valence-electron chi connectivity index (χ3n) is 3.89. The molecule has 0 fully saturated rings. The van der Waals surface area contributed by atoms with E-state index in [-0.39, 0.29) is 5.91 Å². The number of hydrazone groups is 1. The van der Waals surface area contributed by atoms with Crippen LogP contribution in [-0.4, -0.2) is 32.9 Å².